The first-order valence-electron chi connectivity index (χ1n) is 12.9. The Kier molecular flexibility index (Phi) is 7.95. The summed E-state index contributed by atoms with van der Waals surface area (Å²) >= 11 is 1.65. The summed E-state index contributed by atoms with van der Waals surface area (Å²) in [5.41, 5.74) is 1.89. The zero-order chi connectivity index (χ0) is 23.4. The summed E-state index contributed by atoms with van der Waals surface area (Å²) in [7, 11) is 0. The Labute approximate surface area is 203 Å². The standard InChI is InChI=1S/C27H41N3O2S/c1-4-5-8-25(31)30(20-21-9-10-22-18-24(21)27(22,2)3)16-13-28-11-14-29(15-12-28)26(32)19-23-7-6-17-33-23/h6-7,9,17,22,24H,4-5,8,10-16,18-20H2,1-3H3. The van der Waals surface area contributed by atoms with E-state index in [9.17, 15) is 9.59 Å². The Bertz CT molecular complexity index is 840. The number of unbranched alkanes of at least 4 members (excludes halogenated alkanes) is 1. The SMILES string of the molecule is CCCCC(=O)N(CCN1CCN(C(=O)Cc2cccs2)CC1)CC1=CCC2CC1C2(C)C. The predicted octanol–water partition coefficient (Wildman–Crippen LogP) is 4.45. The van der Waals surface area contributed by atoms with Gasteiger partial charge in [0.05, 0.1) is 6.42 Å². The zero-order valence-corrected chi connectivity index (χ0v) is 21.5. The topological polar surface area (TPSA) is 43.9 Å². The van der Waals surface area contributed by atoms with Crippen LogP contribution in [0.1, 0.15) is 57.8 Å². The van der Waals surface area contributed by atoms with Gasteiger partial charge in [-0.2, -0.15) is 0 Å². The van der Waals surface area contributed by atoms with E-state index in [4.69, 9.17) is 0 Å². The number of hydrogen-bond acceptors (Lipinski definition) is 4. The summed E-state index contributed by atoms with van der Waals surface area (Å²) < 4.78 is 0. The van der Waals surface area contributed by atoms with Crippen LogP contribution in [-0.2, 0) is 16.0 Å². The average molecular weight is 472 g/mol. The first-order chi connectivity index (χ1) is 15.9. The van der Waals surface area contributed by atoms with Gasteiger partial charge in [-0.3, -0.25) is 14.5 Å². The lowest BCUT2D eigenvalue weighted by molar-refractivity contribution is -0.132. The van der Waals surface area contributed by atoms with E-state index in [1.165, 1.54) is 18.4 Å². The molecule has 1 saturated carbocycles. The van der Waals surface area contributed by atoms with Gasteiger partial charge in [0.1, 0.15) is 0 Å². The minimum absolute atomic E-state index is 0.235. The van der Waals surface area contributed by atoms with Crippen LogP contribution in [0.2, 0.25) is 0 Å². The van der Waals surface area contributed by atoms with Crippen LogP contribution in [-0.4, -0.2) is 72.3 Å². The fourth-order valence-electron chi connectivity index (χ4n) is 5.81. The molecule has 0 radical (unpaired) electrons. The molecule has 1 aliphatic heterocycles. The van der Waals surface area contributed by atoms with Gasteiger partial charge in [-0.1, -0.05) is 44.9 Å². The Morgan fingerprint density at radius 2 is 2.00 bits per heavy atom. The van der Waals surface area contributed by atoms with E-state index in [1.54, 1.807) is 11.3 Å². The van der Waals surface area contributed by atoms with Crippen molar-refractivity contribution in [3.63, 3.8) is 0 Å². The van der Waals surface area contributed by atoms with Gasteiger partial charge >= 0.3 is 0 Å². The van der Waals surface area contributed by atoms with Crippen LogP contribution in [0.4, 0.5) is 0 Å². The van der Waals surface area contributed by atoms with Gasteiger partial charge in [-0.15, -0.1) is 11.3 Å². The Hall–Kier alpha value is -1.66. The molecule has 1 aromatic rings. The fourth-order valence-corrected chi connectivity index (χ4v) is 6.51. The minimum Gasteiger partial charge on any atom is -0.340 e. The number of nitrogens with zero attached hydrogens (tertiary/aromatic N) is 3. The van der Waals surface area contributed by atoms with Crippen LogP contribution in [0.15, 0.2) is 29.2 Å². The third-order valence-corrected chi connectivity index (χ3v) is 9.25. The van der Waals surface area contributed by atoms with Crippen molar-refractivity contribution in [1.82, 2.24) is 14.7 Å². The van der Waals surface area contributed by atoms with Crippen molar-refractivity contribution in [2.75, 3.05) is 45.8 Å². The summed E-state index contributed by atoms with van der Waals surface area (Å²) in [6.07, 6.45) is 8.12. The largest absolute Gasteiger partial charge is 0.340 e. The number of carbonyl (C=O) groups is 2. The molecule has 0 aromatic carbocycles. The van der Waals surface area contributed by atoms with Crippen LogP contribution in [0.3, 0.4) is 0 Å². The Morgan fingerprint density at radius 3 is 2.64 bits per heavy atom. The lowest BCUT2D eigenvalue weighted by Crippen LogP contribution is -2.52. The Morgan fingerprint density at radius 1 is 1.21 bits per heavy atom. The van der Waals surface area contributed by atoms with Crippen molar-refractivity contribution in [3.8, 4) is 0 Å². The molecule has 3 aliphatic carbocycles. The van der Waals surface area contributed by atoms with Gasteiger partial charge in [0.25, 0.3) is 0 Å². The van der Waals surface area contributed by atoms with Gasteiger partial charge in [0.15, 0.2) is 0 Å². The first-order valence-corrected chi connectivity index (χ1v) is 13.8. The number of hydrogen-bond donors (Lipinski definition) is 0. The molecule has 1 saturated heterocycles. The van der Waals surface area contributed by atoms with Crippen LogP contribution in [0.5, 0.6) is 0 Å². The molecule has 0 N–H and O–H groups in total. The van der Waals surface area contributed by atoms with Crippen molar-refractivity contribution < 1.29 is 9.59 Å². The summed E-state index contributed by atoms with van der Waals surface area (Å²) in [5, 5.41) is 2.03. The molecule has 2 atom stereocenters. The zero-order valence-electron chi connectivity index (χ0n) is 20.7. The quantitative estimate of drug-likeness (QED) is 0.474. The highest BCUT2D eigenvalue weighted by molar-refractivity contribution is 7.10. The van der Waals surface area contributed by atoms with E-state index in [-0.39, 0.29) is 5.91 Å². The summed E-state index contributed by atoms with van der Waals surface area (Å²) in [4.78, 5) is 33.3. The summed E-state index contributed by atoms with van der Waals surface area (Å²) in [6.45, 7) is 12.8. The fraction of sp³-hybridized carbons (Fsp3) is 0.704. The van der Waals surface area contributed by atoms with E-state index in [2.05, 4.69) is 36.6 Å². The maximum absolute atomic E-state index is 13.1. The van der Waals surface area contributed by atoms with Crippen LogP contribution < -0.4 is 0 Å². The molecule has 182 valence electrons. The van der Waals surface area contributed by atoms with Crippen molar-refractivity contribution in [2.45, 2.75) is 59.3 Å². The second-order valence-electron chi connectivity index (χ2n) is 10.7. The van der Waals surface area contributed by atoms with E-state index in [0.717, 1.165) is 69.4 Å². The predicted molar refractivity (Wildman–Crippen MR) is 135 cm³/mol. The number of rotatable bonds is 10. The normalized spacial score (nSPS) is 24.2. The molecule has 2 fully saturated rings. The third kappa shape index (κ3) is 5.71. The van der Waals surface area contributed by atoms with Gasteiger partial charge in [-0.25, -0.2) is 0 Å². The number of amides is 2. The third-order valence-electron chi connectivity index (χ3n) is 8.37. The highest BCUT2D eigenvalue weighted by atomic mass is 32.1. The summed E-state index contributed by atoms with van der Waals surface area (Å²) in [6, 6.07) is 4.04. The second kappa shape index (κ2) is 10.7. The lowest BCUT2D eigenvalue weighted by Gasteiger charge is -2.57. The van der Waals surface area contributed by atoms with Crippen molar-refractivity contribution in [1.29, 1.82) is 0 Å². The minimum atomic E-state index is 0.235. The number of thiophene rings is 1. The Balaban J connectivity index is 1.27. The molecule has 5 nitrogen and oxygen atoms in total. The molecule has 0 spiro atoms. The molecule has 33 heavy (non-hydrogen) atoms. The van der Waals surface area contributed by atoms with Gasteiger partial charge in [0.2, 0.25) is 11.8 Å². The van der Waals surface area contributed by atoms with Crippen LogP contribution in [0, 0.1) is 17.3 Å². The molecule has 2 heterocycles. The van der Waals surface area contributed by atoms with Crippen LogP contribution >= 0.6 is 11.3 Å². The van der Waals surface area contributed by atoms with Crippen molar-refractivity contribution in [3.05, 3.63) is 34.0 Å². The van der Waals surface area contributed by atoms with E-state index >= 15 is 0 Å². The van der Waals surface area contributed by atoms with Gasteiger partial charge in [-0.05, 0) is 48.0 Å². The number of piperazine rings is 1. The van der Waals surface area contributed by atoms with Crippen molar-refractivity contribution >= 4 is 23.2 Å². The molecule has 1 aromatic heterocycles. The second-order valence-corrected chi connectivity index (χ2v) is 11.8. The molecule has 6 heteroatoms. The molecule has 4 aliphatic rings. The van der Waals surface area contributed by atoms with Crippen molar-refractivity contribution in [2.24, 2.45) is 17.3 Å². The van der Waals surface area contributed by atoms with E-state index in [0.29, 0.717) is 30.1 Å². The number of carbonyl (C=O) groups excluding carboxylic acids is 2. The van der Waals surface area contributed by atoms with Gasteiger partial charge in [0, 0.05) is 57.1 Å². The molecule has 2 unspecified atom stereocenters. The highest BCUT2D eigenvalue weighted by Gasteiger charge is 2.51. The smallest absolute Gasteiger partial charge is 0.227 e. The maximum Gasteiger partial charge on any atom is 0.227 e. The molecule has 2 bridgehead atoms. The maximum atomic E-state index is 13.1. The summed E-state index contributed by atoms with van der Waals surface area (Å²) in [5.74, 6) is 2.02. The average Bonchev–Trinajstić information content (AvgIpc) is 3.33. The number of allylic oxidation sites excluding steroid dienone is 1. The van der Waals surface area contributed by atoms with Gasteiger partial charge < -0.3 is 9.80 Å². The van der Waals surface area contributed by atoms with Crippen LogP contribution in [0.25, 0.3) is 0 Å². The van der Waals surface area contributed by atoms with E-state index in [1.807, 2.05) is 22.4 Å². The molecule has 5 rings (SSSR count). The molecular formula is C27H41N3O2S. The first kappa shape index (κ1) is 24.5. The molecule has 2 amide bonds. The molecular weight excluding hydrogens is 430 g/mol. The highest BCUT2D eigenvalue weighted by Crippen LogP contribution is 2.59. The monoisotopic (exact) mass is 471 g/mol. The number of fused-ring (bicyclic) bond motifs is 1. The van der Waals surface area contributed by atoms with E-state index < -0.39 is 0 Å². The lowest BCUT2D eigenvalue weighted by atomic mass is 9.49.